The van der Waals surface area contributed by atoms with Gasteiger partial charge < -0.3 is 0 Å². The van der Waals surface area contributed by atoms with Gasteiger partial charge in [0, 0.05) is 17.7 Å². The molecule has 0 amide bonds. The Balaban J connectivity index is 2.13. The van der Waals surface area contributed by atoms with E-state index in [9.17, 15) is 0 Å². The Bertz CT molecular complexity index is 577. The van der Waals surface area contributed by atoms with E-state index in [1.165, 1.54) is 0 Å². The number of hydrogen-bond donors (Lipinski definition) is 0. The molecule has 0 bridgehead atoms. The third kappa shape index (κ3) is 2.09. The smallest absolute Gasteiger partial charge is 0.161 e. The lowest BCUT2D eigenvalue weighted by Crippen LogP contribution is -2.06. The van der Waals surface area contributed by atoms with Crippen molar-refractivity contribution in [3.63, 3.8) is 0 Å². The van der Waals surface area contributed by atoms with Crippen LogP contribution in [0.1, 0.15) is 30.1 Å². The topological polar surface area (TPSA) is 43.6 Å². The van der Waals surface area contributed by atoms with E-state index in [-0.39, 0.29) is 0 Å². The number of halogens is 2. The van der Waals surface area contributed by atoms with E-state index in [1.54, 1.807) is 10.9 Å². The van der Waals surface area contributed by atoms with Gasteiger partial charge in [-0.3, -0.25) is 0 Å². The second-order valence-corrected chi connectivity index (χ2v) is 5.47. The summed E-state index contributed by atoms with van der Waals surface area (Å²) >= 11 is 9.52. The van der Waals surface area contributed by atoms with Crippen molar-refractivity contribution in [2.75, 3.05) is 0 Å². The predicted octanol–water partition coefficient (Wildman–Crippen LogP) is 3.26. The fourth-order valence-electron chi connectivity index (χ4n) is 1.66. The minimum absolute atomic E-state index is 0.478. The maximum Gasteiger partial charge on any atom is 0.161 e. The molecule has 1 saturated carbocycles. The zero-order valence-corrected chi connectivity index (χ0v) is 11.5. The summed E-state index contributed by atoms with van der Waals surface area (Å²) in [7, 11) is 0. The summed E-state index contributed by atoms with van der Waals surface area (Å²) in [6, 6.07) is 0. The van der Waals surface area contributed by atoms with E-state index in [2.05, 4.69) is 31.0 Å². The van der Waals surface area contributed by atoms with Gasteiger partial charge in [0.25, 0.3) is 0 Å². The van der Waals surface area contributed by atoms with Crippen LogP contribution < -0.4 is 0 Å². The lowest BCUT2D eigenvalue weighted by Gasteiger charge is -2.08. The molecular weight excluding hydrogens is 304 g/mol. The summed E-state index contributed by atoms with van der Waals surface area (Å²) in [5, 5.41) is 4.75. The second kappa shape index (κ2) is 4.07. The van der Waals surface area contributed by atoms with Crippen LogP contribution in [0, 0.1) is 6.92 Å². The molecule has 0 saturated heterocycles. The third-order valence-electron chi connectivity index (χ3n) is 2.79. The van der Waals surface area contributed by atoms with E-state index in [1.807, 2.05) is 13.1 Å². The molecule has 1 fully saturated rings. The molecule has 6 heteroatoms. The first-order valence-electron chi connectivity index (χ1n) is 5.39. The Labute approximate surface area is 112 Å². The fraction of sp³-hybridized carbons (Fsp3) is 0.364. The summed E-state index contributed by atoms with van der Waals surface area (Å²) in [6.07, 6.45) is 5.90. The fourth-order valence-corrected chi connectivity index (χ4v) is 2.11. The first-order valence-corrected chi connectivity index (χ1v) is 6.57. The molecule has 0 unspecified atom stereocenters. The molecule has 2 aromatic heterocycles. The van der Waals surface area contributed by atoms with E-state index >= 15 is 0 Å². The van der Waals surface area contributed by atoms with E-state index in [4.69, 9.17) is 11.6 Å². The zero-order valence-electron chi connectivity index (χ0n) is 9.19. The van der Waals surface area contributed by atoms with Crippen LogP contribution in [0.15, 0.2) is 16.9 Å². The van der Waals surface area contributed by atoms with E-state index in [0.29, 0.717) is 11.1 Å². The first-order chi connectivity index (χ1) is 8.15. The molecule has 0 aliphatic heterocycles. The highest BCUT2D eigenvalue weighted by atomic mass is 79.9. The summed E-state index contributed by atoms with van der Waals surface area (Å²) in [4.78, 5) is 8.89. The van der Waals surface area contributed by atoms with E-state index < -0.39 is 0 Å². The number of nitrogens with zero attached hydrogens (tertiary/aromatic N) is 4. The normalized spacial score (nSPS) is 15.2. The number of hydrogen-bond acceptors (Lipinski definition) is 3. The van der Waals surface area contributed by atoms with Gasteiger partial charge in [-0.25, -0.2) is 14.6 Å². The highest BCUT2D eigenvalue weighted by Crippen LogP contribution is 2.39. The molecule has 0 spiro atoms. The molecule has 0 aromatic carbocycles. The Kier molecular flexibility index (Phi) is 2.67. The molecule has 88 valence electrons. The Morgan fingerprint density at radius 3 is 2.76 bits per heavy atom. The van der Waals surface area contributed by atoms with Gasteiger partial charge in [-0.15, -0.1) is 0 Å². The summed E-state index contributed by atoms with van der Waals surface area (Å²) in [5.74, 6) is 2.07. The molecule has 4 nitrogen and oxygen atoms in total. The summed E-state index contributed by atoms with van der Waals surface area (Å²) in [5.41, 5.74) is 0.853. The van der Waals surface area contributed by atoms with Crippen LogP contribution in [-0.2, 0) is 0 Å². The van der Waals surface area contributed by atoms with Crippen LogP contribution in [0.5, 0.6) is 0 Å². The molecule has 0 radical (unpaired) electrons. The van der Waals surface area contributed by atoms with Crippen LogP contribution in [0.4, 0.5) is 0 Å². The number of aromatic nitrogens is 4. The van der Waals surface area contributed by atoms with Gasteiger partial charge in [0.05, 0.1) is 10.7 Å². The van der Waals surface area contributed by atoms with Crippen LogP contribution in [0.2, 0.25) is 5.15 Å². The molecule has 3 rings (SSSR count). The SMILES string of the molecule is Cc1c(Cl)nc(C2CC2)nc1-n1cc(Br)cn1. The van der Waals surface area contributed by atoms with Gasteiger partial charge >= 0.3 is 0 Å². The Hall–Kier alpha value is -0.940. The maximum atomic E-state index is 6.14. The minimum atomic E-state index is 0.478. The van der Waals surface area contributed by atoms with Crippen molar-refractivity contribution in [3.05, 3.63) is 33.4 Å². The van der Waals surface area contributed by atoms with Gasteiger partial charge in [-0.1, -0.05) is 11.6 Å². The van der Waals surface area contributed by atoms with Crippen molar-refractivity contribution >= 4 is 27.5 Å². The van der Waals surface area contributed by atoms with Crippen molar-refractivity contribution < 1.29 is 0 Å². The van der Waals surface area contributed by atoms with Crippen molar-refractivity contribution in [2.24, 2.45) is 0 Å². The van der Waals surface area contributed by atoms with Crippen molar-refractivity contribution in [1.82, 2.24) is 19.7 Å². The number of rotatable bonds is 2. The average molecular weight is 314 g/mol. The average Bonchev–Trinajstić information content (AvgIpc) is 3.05. The van der Waals surface area contributed by atoms with Crippen LogP contribution in [0.25, 0.3) is 5.82 Å². The molecule has 1 aliphatic carbocycles. The largest absolute Gasteiger partial charge is 0.221 e. The predicted molar refractivity (Wildman–Crippen MR) is 68.6 cm³/mol. The second-order valence-electron chi connectivity index (χ2n) is 4.20. The molecule has 2 aromatic rings. The van der Waals surface area contributed by atoms with Gasteiger partial charge in [0.15, 0.2) is 5.82 Å². The first kappa shape index (κ1) is 11.2. The van der Waals surface area contributed by atoms with Gasteiger partial charge in [0.2, 0.25) is 0 Å². The van der Waals surface area contributed by atoms with Crippen LogP contribution in [-0.4, -0.2) is 19.7 Å². The summed E-state index contributed by atoms with van der Waals surface area (Å²) in [6.45, 7) is 1.91. The Morgan fingerprint density at radius 1 is 1.41 bits per heavy atom. The summed E-state index contributed by atoms with van der Waals surface area (Å²) < 4.78 is 2.64. The highest BCUT2D eigenvalue weighted by Gasteiger charge is 2.28. The molecule has 2 heterocycles. The molecule has 17 heavy (non-hydrogen) atoms. The van der Waals surface area contributed by atoms with Crippen molar-refractivity contribution in [3.8, 4) is 5.82 Å². The van der Waals surface area contributed by atoms with Crippen LogP contribution >= 0.6 is 27.5 Å². The standard InChI is InChI=1S/C11H10BrClN4/c1-6-9(13)15-10(7-2-3-7)16-11(6)17-5-8(12)4-14-17/h4-5,7H,2-3H2,1H3. The molecule has 0 N–H and O–H groups in total. The lowest BCUT2D eigenvalue weighted by atomic mass is 10.3. The third-order valence-corrected chi connectivity index (χ3v) is 3.57. The highest BCUT2D eigenvalue weighted by molar-refractivity contribution is 9.10. The van der Waals surface area contributed by atoms with Crippen molar-refractivity contribution in [2.45, 2.75) is 25.7 Å². The van der Waals surface area contributed by atoms with Gasteiger partial charge in [0.1, 0.15) is 11.0 Å². The van der Waals surface area contributed by atoms with E-state index in [0.717, 1.165) is 34.5 Å². The monoisotopic (exact) mass is 312 g/mol. The van der Waals surface area contributed by atoms with Gasteiger partial charge in [-0.05, 0) is 35.7 Å². The molecule has 0 atom stereocenters. The quantitative estimate of drug-likeness (QED) is 0.799. The minimum Gasteiger partial charge on any atom is -0.221 e. The van der Waals surface area contributed by atoms with Crippen molar-refractivity contribution in [1.29, 1.82) is 0 Å². The molecular formula is C11H10BrClN4. The maximum absolute atomic E-state index is 6.14. The van der Waals surface area contributed by atoms with Crippen LogP contribution in [0.3, 0.4) is 0 Å². The Morgan fingerprint density at radius 2 is 2.18 bits per heavy atom. The van der Waals surface area contributed by atoms with Gasteiger partial charge in [-0.2, -0.15) is 5.10 Å². The molecule has 1 aliphatic rings. The zero-order chi connectivity index (χ0) is 12.0. The lowest BCUT2D eigenvalue weighted by molar-refractivity contribution is 0.799.